The van der Waals surface area contributed by atoms with Crippen LogP contribution in [0.5, 0.6) is 0 Å². The maximum atomic E-state index is 5.77. The lowest BCUT2D eigenvalue weighted by atomic mass is 9.97. The van der Waals surface area contributed by atoms with Gasteiger partial charge in [-0.2, -0.15) is 5.10 Å². The van der Waals surface area contributed by atoms with Crippen LogP contribution in [0.4, 0.5) is 0 Å². The molecule has 160 valence electrons. The van der Waals surface area contributed by atoms with E-state index in [1.807, 2.05) is 0 Å². The molecule has 0 N–H and O–H groups in total. The van der Waals surface area contributed by atoms with E-state index < -0.39 is 7.92 Å². The van der Waals surface area contributed by atoms with E-state index in [1.165, 1.54) is 21.5 Å². The van der Waals surface area contributed by atoms with E-state index in [1.54, 1.807) is 7.11 Å². The summed E-state index contributed by atoms with van der Waals surface area (Å²) in [5, 5.41) is 11.2. The molecule has 3 aromatic carbocycles. The zero-order chi connectivity index (χ0) is 21.7. The predicted octanol–water partition coefficient (Wildman–Crippen LogP) is 4.67. The number of hydrazone groups is 1. The van der Waals surface area contributed by atoms with Gasteiger partial charge in [0.2, 0.25) is 0 Å². The van der Waals surface area contributed by atoms with Gasteiger partial charge in [0.15, 0.2) is 0 Å². The monoisotopic (exact) mass is 430 g/mol. The van der Waals surface area contributed by atoms with Crippen LogP contribution in [0, 0.1) is 0 Å². The fourth-order valence-corrected chi connectivity index (χ4v) is 6.67. The summed E-state index contributed by atoms with van der Waals surface area (Å²) in [4.78, 5) is 0. The standard InChI is InChI=1S/C27H31N2OP/c1-27(2,30-3)26-19-12-20-29(26)28-21-22-13-10-11-18-25(22)31(23-14-6-4-7-15-23)24-16-8-5-9-17-24/h4-11,13-18,21,26H,12,19-20H2,1-3H3/b28-21+. The highest BCUT2D eigenvalue weighted by atomic mass is 31.1. The molecule has 1 fully saturated rings. The van der Waals surface area contributed by atoms with Crippen molar-refractivity contribution in [3.8, 4) is 0 Å². The third-order valence-corrected chi connectivity index (χ3v) is 8.62. The fraction of sp³-hybridized carbons (Fsp3) is 0.296. The van der Waals surface area contributed by atoms with Crippen molar-refractivity contribution in [3.05, 3.63) is 90.5 Å². The van der Waals surface area contributed by atoms with E-state index in [2.05, 4.69) is 110 Å². The molecule has 1 aliphatic rings. The summed E-state index contributed by atoms with van der Waals surface area (Å²) in [6, 6.07) is 30.6. The minimum atomic E-state index is -0.662. The fourth-order valence-electron chi connectivity index (χ4n) is 4.25. The molecule has 3 aromatic rings. The van der Waals surface area contributed by atoms with Gasteiger partial charge >= 0.3 is 0 Å². The summed E-state index contributed by atoms with van der Waals surface area (Å²) >= 11 is 0. The molecule has 4 rings (SSSR count). The zero-order valence-corrected chi connectivity index (χ0v) is 19.5. The smallest absolute Gasteiger partial charge is 0.0841 e. The van der Waals surface area contributed by atoms with Crippen LogP contribution in [0.15, 0.2) is 90.0 Å². The van der Waals surface area contributed by atoms with Gasteiger partial charge in [0, 0.05) is 19.2 Å². The van der Waals surface area contributed by atoms with E-state index in [0.717, 1.165) is 19.4 Å². The van der Waals surface area contributed by atoms with E-state index in [4.69, 9.17) is 9.84 Å². The number of hydrogen-bond acceptors (Lipinski definition) is 3. The second-order valence-electron chi connectivity index (χ2n) is 8.44. The van der Waals surface area contributed by atoms with Crippen LogP contribution in [0.1, 0.15) is 32.3 Å². The number of benzene rings is 3. The molecule has 0 spiro atoms. The summed E-state index contributed by atoms with van der Waals surface area (Å²) in [5.41, 5.74) is 0.968. The van der Waals surface area contributed by atoms with Gasteiger partial charge in [-0.25, -0.2) is 0 Å². The molecule has 0 aromatic heterocycles. The number of hydrogen-bond donors (Lipinski definition) is 0. The van der Waals surface area contributed by atoms with Gasteiger partial charge in [0.05, 0.1) is 17.9 Å². The number of methoxy groups -OCH3 is 1. The molecule has 3 nitrogen and oxygen atoms in total. The van der Waals surface area contributed by atoms with Gasteiger partial charge in [-0.3, -0.25) is 5.01 Å². The molecule has 1 saturated heterocycles. The minimum Gasteiger partial charge on any atom is -0.377 e. The molecular weight excluding hydrogens is 399 g/mol. The Morgan fingerprint density at radius 1 is 0.903 bits per heavy atom. The average molecular weight is 431 g/mol. The lowest BCUT2D eigenvalue weighted by Crippen LogP contribution is -2.44. The van der Waals surface area contributed by atoms with Gasteiger partial charge in [-0.1, -0.05) is 84.9 Å². The zero-order valence-electron chi connectivity index (χ0n) is 18.6. The molecule has 0 radical (unpaired) electrons. The van der Waals surface area contributed by atoms with Crippen molar-refractivity contribution in [2.24, 2.45) is 5.10 Å². The van der Waals surface area contributed by atoms with E-state index in [9.17, 15) is 0 Å². The lowest BCUT2D eigenvalue weighted by Gasteiger charge is -2.35. The summed E-state index contributed by atoms with van der Waals surface area (Å²) < 4.78 is 5.77. The van der Waals surface area contributed by atoms with Crippen molar-refractivity contribution < 1.29 is 4.74 Å². The van der Waals surface area contributed by atoms with Crippen LogP contribution >= 0.6 is 7.92 Å². The Labute approximate surface area is 187 Å². The molecule has 0 amide bonds. The van der Waals surface area contributed by atoms with Crippen LogP contribution in [0.3, 0.4) is 0 Å². The normalized spacial score (nSPS) is 17.0. The minimum absolute atomic E-state index is 0.214. The molecule has 1 atom stereocenters. The topological polar surface area (TPSA) is 24.8 Å². The van der Waals surface area contributed by atoms with Crippen LogP contribution in [0.2, 0.25) is 0 Å². The molecule has 1 aliphatic heterocycles. The molecule has 4 heteroatoms. The summed E-state index contributed by atoms with van der Waals surface area (Å²) in [6.07, 6.45) is 4.32. The largest absolute Gasteiger partial charge is 0.377 e. The molecule has 0 saturated carbocycles. The van der Waals surface area contributed by atoms with Crippen LogP contribution in [0.25, 0.3) is 0 Å². The lowest BCUT2D eigenvalue weighted by molar-refractivity contribution is -0.0394. The van der Waals surface area contributed by atoms with Crippen LogP contribution < -0.4 is 15.9 Å². The Hall–Kier alpha value is -2.48. The number of rotatable bonds is 7. The first kappa shape index (κ1) is 21.7. The highest BCUT2D eigenvalue weighted by Crippen LogP contribution is 2.34. The van der Waals surface area contributed by atoms with Crippen molar-refractivity contribution in [3.63, 3.8) is 0 Å². The third-order valence-electron chi connectivity index (χ3n) is 6.10. The summed E-state index contributed by atoms with van der Waals surface area (Å²) in [6.45, 7) is 5.29. The van der Waals surface area contributed by atoms with Crippen LogP contribution in [-0.2, 0) is 4.74 Å². The molecule has 1 heterocycles. The quantitative estimate of drug-likeness (QED) is 0.402. The Balaban J connectivity index is 1.71. The second-order valence-corrected chi connectivity index (χ2v) is 10.6. The number of ether oxygens (including phenoxy) is 1. The van der Waals surface area contributed by atoms with Gasteiger partial charge in [-0.15, -0.1) is 0 Å². The van der Waals surface area contributed by atoms with Crippen molar-refractivity contribution in [2.45, 2.75) is 38.3 Å². The van der Waals surface area contributed by atoms with E-state index in [0.29, 0.717) is 6.04 Å². The molecule has 0 aliphatic carbocycles. The number of nitrogens with zero attached hydrogens (tertiary/aromatic N) is 2. The Morgan fingerprint density at radius 2 is 1.48 bits per heavy atom. The Morgan fingerprint density at radius 3 is 2.10 bits per heavy atom. The Bertz CT molecular complexity index is 965. The van der Waals surface area contributed by atoms with Gasteiger partial charge in [-0.05, 0) is 50.5 Å². The van der Waals surface area contributed by atoms with Crippen molar-refractivity contribution in [1.29, 1.82) is 0 Å². The van der Waals surface area contributed by atoms with Crippen molar-refractivity contribution in [2.75, 3.05) is 13.7 Å². The first-order chi connectivity index (χ1) is 15.1. The van der Waals surface area contributed by atoms with Crippen molar-refractivity contribution >= 4 is 30.0 Å². The maximum Gasteiger partial charge on any atom is 0.0841 e. The summed E-state index contributed by atoms with van der Waals surface area (Å²) in [5.74, 6) is 0. The Kier molecular flexibility index (Phi) is 6.85. The highest BCUT2D eigenvalue weighted by Gasteiger charge is 2.37. The first-order valence-electron chi connectivity index (χ1n) is 11.0. The highest BCUT2D eigenvalue weighted by molar-refractivity contribution is 7.80. The first-order valence-corrected chi connectivity index (χ1v) is 12.3. The van der Waals surface area contributed by atoms with Gasteiger partial charge < -0.3 is 4.74 Å². The van der Waals surface area contributed by atoms with Crippen molar-refractivity contribution in [1.82, 2.24) is 5.01 Å². The second kappa shape index (κ2) is 9.77. The average Bonchev–Trinajstić information content (AvgIpc) is 3.30. The maximum absolute atomic E-state index is 5.77. The van der Waals surface area contributed by atoms with Gasteiger partial charge in [0.1, 0.15) is 0 Å². The molecule has 1 unspecified atom stereocenters. The van der Waals surface area contributed by atoms with E-state index in [-0.39, 0.29) is 5.60 Å². The molecule has 0 bridgehead atoms. The van der Waals surface area contributed by atoms with E-state index >= 15 is 0 Å². The van der Waals surface area contributed by atoms with Gasteiger partial charge in [0.25, 0.3) is 0 Å². The third kappa shape index (κ3) is 4.89. The molecular formula is C27H31N2OP. The molecule has 31 heavy (non-hydrogen) atoms. The van der Waals surface area contributed by atoms with Crippen LogP contribution in [-0.4, -0.2) is 36.5 Å². The SMILES string of the molecule is COC(C)(C)C1CCCN1/N=C/c1ccccc1P(c1ccccc1)c1ccccc1. The predicted molar refractivity (Wildman–Crippen MR) is 134 cm³/mol. The summed E-state index contributed by atoms with van der Waals surface area (Å²) in [7, 11) is 1.13.